The van der Waals surface area contributed by atoms with E-state index in [2.05, 4.69) is 49.2 Å². The molecule has 0 N–H and O–H groups in total. The van der Waals surface area contributed by atoms with Gasteiger partial charge in [-0.05, 0) is 25.6 Å². The average molecular weight is 190 g/mol. The van der Waals surface area contributed by atoms with E-state index in [4.69, 9.17) is 0 Å². The first-order valence-corrected chi connectivity index (χ1v) is 5.18. The van der Waals surface area contributed by atoms with Gasteiger partial charge >= 0.3 is 0 Å². The molecule has 2 unspecified atom stereocenters. The molecule has 14 heavy (non-hydrogen) atoms. The quantitative estimate of drug-likeness (QED) is 0.661. The number of hydrogen-bond acceptors (Lipinski definition) is 1. The summed E-state index contributed by atoms with van der Waals surface area (Å²) in [5.74, 6) is 0.596. The highest BCUT2D eigenvalue weighted by Gasteiger charge is 2.27. The maximum atomic E-state index is 3.84. The molecule has 0 saturated heterocycles. The molecule has 0 aromatic carbocycles. The fourth-order valence-electron chi connectivity index (χ4n) is 2.44. The summed E-state index contributed by atoms with van der Waals surface area (Å²) < 4.78 is 2.16. The first-order valence-electron chi connectivity index (χ1n) is 5.18. The zero-order valence-corrected chi connectivity index (χ0v) is 9.20. The fraction of sp³-hybridized carbons (Fsp3) is 0.500. The predicted octanol–water partition coefficient (Wildman–Crippen LogP) is 2.70. The lowest BCUT2D eigenvalue weighted by molar-refractivity contribution is 0.226. The molecule has 0 amide bonds. The van der Waals surface area contributed by atoms with E-state index in [1.165, 1.54) is 11.3 Å². The van der Waals surface area contributed by atoms with Crippen molar-refractivity contribution < 1.29 is 0 Å². The summed E-state index contributed by atoms with van der Waals surface area (Å²) in [4.78, 5) is 2.40. The van der Waals surface area contributed by atoms with Gasteiger partial charge in [-0.3, -0.25) is 4.90 Å². The maximum absolute atomic E-state index is 3.84. The molecule has 0 radical (unpaired) electrons. The topological polar surface area (TPSA) is 8.17 Å². The Balaban J connectivity index is 2.52. The second kappa shape index (κ2) is 3.28. The monoisotopic (exact) mass is 190 g/mol. The molecule has 76 valence electrons. The molecular formula is C12H18N2. The summed E-state index contributed by atoms with van der Waals surface area (Å²) in [6, 6.07) is 2.75. The second-order valence-corrected chi connectivity index (χ2v) is 4.26. The molecule has 0 bridgehead atoms. The van der Waals surface area contributed by atoms with Crippen molar-refractivity contribution in [3.05, 3.63) is 30.1 Å². The molecule has 1 aromatic heterocycles. The lowest BCUT2D eigenvalue weighted by atomic mass is 9.93. The molecule has 2 heteroatoms. The van der Waals surface area contributed by atoms with Crippen molar-refractivity contribution in [2.45, 2.75) is 25.8 Å². The normalized spacial score (nSPS) is 27.4. The van der Waals surface area contributed by atoms with E-state index in [1.807, 2.05) is 6.20 Å². The van der Waals surface area contributed by atoms with Crippen molar-refractivity contribution in [1.82, 2.24) is 9.47 Å². The van der Waals surface area contributed by atoms with Crippen LogP contribution in [-0.2, 0) is 0 Å². The van der Waals surface area contributed by atoms with E-state index in [-0.39, 0.29) is 0 Å². The molecule has 1 aliphatic rings. The van der Waals surface area contributed by atoms with Crippen LogP contribution < -0.4 is 0 Å². The molecular weight excluding hydrogens is 172 g/mol. The SMILES string of the molecule is C=Cn1ccc2c1C(C)CN(C)C2C. The van der Waals surface area contributed by atoms with Gasteiger partial charge in [-0.15, -0.1) is 0 Å². The number of nitrogens with zero attached hydrogens (tertiary/aromatic N) is 2. The van der Waals surface area contributed by atoms with Crippen molar-refractivity contribution in [2.24, 2.45) is 0 Å². The third-order valence-electron chi connectivity index (χ3n) is 3.33. The molecule has 0 aliphatic carbocycles. The lowest BCUT2D eigenvalue weighted by Crippen LogP contribution is -2.32. The van der Waals surface area contributed by atoms with E-state index in [9.17, 15) is 0 Å². The molecule has 1 aliphatic heterocycles. The molecule has 2 rings (SSSR count). The first-order chi connectivity index (χ1) is 6.65. The van der Waals surface area contributed by atoms with E-state index in [0.717, 1.165) is 6.54 Å². The van der Waals surface area contributed by atoms with Gasteiger partial charge in [-0.25, -0.2) is 0 Å². The van der Waals surface area contributed by atoms with Gasteiger partial charge in [-0.2, -0.15) is 0 Å². The van der Waals surface area contributed by atoms with Crippen LogP contribution in [0.2, 0.25) is 0 Å². The summed E-state index contributed by atoms with van der Waals surface area (Å²) in [5, 5.41) is 0. The second-order valence-electron chi connectivity index (χ2n) is 4.26. The van der Waals surface area contributed by atoms with Gasteiger partial charge in [0.25, 0.3) is 0 Å². The predicted molar refractivity (Wildman–Crippen MR) is 60.3 cm³/mol. The highest BCUT2D eigenvalue weighted by Crippen LogP contribution is 2.35. The Morgan fingerprint density at radius 2 is 2.21 bits per heavy atom. The minimum atomic E-state index is 0.530. The molecule has 2 atom stereocenters. The number of aromatic nitrogens is 1. The van der Waals surface area contributed by atoms with E-state index >= 15 is 0 Å². The van der Waals surface area contributed by atoms with Crippen LogP contribution >= 0.6 is 0 Å². The van der Waals surface area contributed by atoms with Crippen LogP contribution in [0.4, 0.5) is 0 Å². The highest BCUT2D eigenvalue weighted by atomic mass is 15.1. The Morgan fingerprint density at radius 1 is 1.50 bits per heavy atom. The number of hydrogen-bond donors (Lipinski definition) is 0. The van der Waals surface area contributed by atoms with Gasteiger partial charge in [-0.1, -0.05) is 13.5 Å². The van der Waals surface area contributed by atoms with Crippen LogP contribution in [0.25, 0.3) is 6.20 Å². The van der Waals surface area contributed by atoms with Crippen LogP contribution in [0, 0.1) is 0 Å². The minimum absolute atomic E-state index is 0.530. The third kappa shape index (κ3) is 1.22. The third-order valence-corrected chi connectivity index (χ3v) is 3.33. The summed E-state index contributed by atoms with van der Waals surface area (Å²) in [6.45, 7) is 9.51. The van der Waals surface area contributed by atoms with Gasteiger partial charge in [0.1, 0.15) is 0 Å². The summed E-state index contributed by atoms with van der Waals surface area (Å²) in [7, 11) is 2.19. The molecule has 0 spiro atoms. The molecule has 2 nitrogen and oxygen atoms in total. The van der Waals surface area contributed by atoms with E-state index in [0.29, 0.717) is 12.0 Å². The van der Waals surface area contributed by atoms with Crippen molar-refractivity contribution in [1.29, 1.82) is 0 Å². The number of rotatable bonds is 1. The van der Waals surface area contributed by atoms with Crippen molar-refractivity contribution in [3.8, 4) is 0 Å². The Labute approximate surface area is 85.8 Å². The first kappa shape index (κ1) is 9.53. The smallest absolute Gasteiger partial charge is 0.0335 e. The summed E-state index contributed by atoms with van der Waals surface area (Å²) >= 11 is 0. The standard InChI is InChI=1S/C12H18N2/c1-5-14-7-6-11-10(3)13(4)8-9(2)12(11)14/h5-7,9-10H,1,8H2,2-4H3. The van der Waals surface area contributed by atoms with Crippen molar-refractivity contribution >= 4 is 6.20 Å². The van der Waals surface area contributed by atoms with Gasteiger partial charge in [0, 0.05) is 36.6 Å². The zero-order chi connectivity index (χ0) is 10.3. The molecule has 0 saturated carbocycles. The van der Waals surface area contributed by atoms with Gasteiger partial charge in [0.05, 0.1) is 0 Å². The van der Waals surface area contributed by atoms with Crippen LogP contribution in [-0.4, -0.2) is 23.1 Å². The van der Waals surface area contributed by atoms with Crippen LogP contribution in [0.3, 0.4) is 0 Å². The number of fused-ring (bicyclic) bond motifs is 1. The zero-order valence-electron chi connectivity index (χ0n) is 9.20. The molecule has 1 aromatic rings. The highest BCUT2D eigenvalue weighted by molar-refractivity contribution is 5.37. The Bertz CT molecular complexity index is 351. The van der Waals surface area contributed by atoms with Gasteiger partial charge in [0.2, 0.25) is 0 Å². The Morgan fingerprint density at radius 3 is 2.86 bits per heavy atom. The Hall–Kier alpha value is -1.02. The van der Waals surface area contributed by atoms with E-state index < -0.39 is 0 Å². The largest absolute Gasteiger partial charge is 0.328 e. The van der Waals surface area contributed by atoms with Gasteiger partial charge in [0.15, 0.2) is 0 Å². The fourth-order valence-corrected chi connectivity index (χ4v) is 2.44. The summed E-state index contributed by atoms with van der Waals surface area (Å²) in [5.41, 5.74) is 2.89. The van der Waals surface area contributed by atoms with E-state index in [1.54, 1.807) is 0 Å². The lowest BCUT2D eigenvalue weighted by Gasteiger charge is -2.34. The van der Waals surface area contributed by atoms with Crippen molar-refractivity contribution in [2.75, 3.05) is 13.6 Å². The molecule has 2 heterocycles. The number of likely N-dealkylation sites (N-methyl/N-ethyl adjacent to an activating group) is 1. The Kier molecular flexibility index (Phi) is 2.23. The van der Waals surface area contributed by atoms with Crippen LogP contribution in [0.15, 0.2) is 18.8 Å². The maximum Gasteiger partial charge on any atom is 0.0335 e. The van der Waals surface area contributed by atoms with Crippen molar-refractivity contribution in [3.63, 3.8) is 0 Å². The average Bonchev–Trinajstić information content (AvgIpc) is 2.58. The van der Waals surface area contributed by atoms with Gasteiger partial charge < -0.3 is 4.57 Å². The van der Waals surface area contributed by atoms with Crippen LogP contribution in [0.5, 0.6) is 0 Å². The van der Waals surface area contributed by atoms with Crippen LogP contribution in [0.1, 0.15) is 37.1 Å². The summed E-state index contributed by atoms with van der Waals surface area (Å²) in [6.07, 6.45) is 4.01. The molecule has 0 fully saturated rings. The minimum Gasteiger partial charge on any atom is -0.328 e.